The van der Waals surface area contributed by atoms with Gasteiger partial charge in [0.15, 0.2) is 11.6 Å². The van der Waals surface area contributed by atoms with Gasteiger partial charge in [-0.15, -0.1) is 0 Å². The van der Waals surface area contributed by atoms with E-state index in [0.717, 1.165) is 3.57 Å². The van der Waals surface area contributed by atoms with Crippen LogP contribution in [-0.2, 0) is 0 Å². The molecule has 4 N–H and O–H groups in total. The highest BCUT2D eigenvalue weighted by Gasteiger charge is 2.10. The predicted octanol–water partition coefficient (Wildman–Crippen LogP) is 4.68. The molecule has 0 unspecified atom stereocenters. The summed E-state index contributed by atoms with van der Waals surface area (Å²) in [4.78, 5) is 4.18. The van der Waals surface area contributed by atoms with Crippen molar-refractivity contribution in [3.8, 4) is 0 Å². The van der Waals surface area contributed by atoms with Crippen LogP contribution in [0.4, 0.5) is 17.3 Å². The lowest BCUT2D eigenvalue weighted by Crippen LogP contribution is -2.10. The first kappa shape index (κ1) is 14.9. The summed E-state index contributed by atoms with van der Waals surface area (Å²) in [6, 6.07) is 7.14. The second kappa shape index (κ2) is 6.32. The number of anilines is 3. The smallest absolute Gasteiger partial charge is 0.161 e. The van der Waals surface area contributed by atoms with E-state index in [4.69, 9.17) is 40.6 Å². The topological polar surface area (TPSA) is 63.0 Å². The number of nitrogens with two attached hydrogens (primary N) is 1. The molecule has 1 aromatic heterocycles. The van der Waals surface area contributed by atoms with E-state index in [-0.39, 0.29) is 0 Å². The van der Waals surface area contributed by atoms with Crippen LogP contribution in [-0.4, -0.2) is 4.98 Å². The summed E-state index contributed by atoms with van der Waals surface area (Å²) in [5, 5.41) is 4.32. The molecule has 2 aromatic rings. The highest BCUT2D eigenvalue weighted by molar-refractivity contribution is 14.1. The van der Waals surface area contributed by atoms with Crippen LogP contribution in [0.15, 0.2) is 24.3 Å². The van der Waals surface area contributed by atoms with Gasteiger partial charge in [-0.2, -0.15) is 0 Å². The molecule has 0 saturated heterocycles. The highest BCUT2D eigenvalue weighted by atomic mass is 127. The van der Waals surface area contributed by atoms with E-state index in [9.17, 15) is 0 Å². The second-order valence-corrected chi connectivity index (χ2v) is 6.01. The molecule has 2 rings (SSSR count). The minimum absolute atomic E-state index is 0.329. The Labute approximate surface area is 138 Å². The minimum Gasteiger partial charge on any atom is -0.338 e. The number of halogens is 4. The van der Waals surface area contributed by atoms with Gasteiger partial charge in [0, 0.05) is 3.57 Å². The molecule has 0 atom stereocenters. The van der Waals surface area contributed by atoms with E-state index in [2.05, 4.69) is 38.3 Å². The lowest BCUT2D eigenvalue weighted by atomic mass is 10.3. The summed E-state index contributed by atoms with van der Waals surface area (Å²) in [6.45, 7) is 0. The van der Waals surface area contributed by atoms with Crippen molar-refractivity contribution in [2.45, 2.75) is 0 Å². The highest BCUT2D eigenvalue weighted by Crippen LogP contribution is 2.33. The number of hydrazine groups is 1. The maximum Gasteiger partial charge on any atom is 0.161 e. The third kappa shape index (κ3) is 3.55. The predicted molar refractivity (Wildman–Crippen MR) is 89.5 cm³/mol. The Morgan fingerprint density at radius 1 is 1.00 bits per heavy atom. The summed E-state index contributed by atoms with van der Waals surface area (Å²) in [6.07, 6.45) is 0. The van der Waals surface area contributed by atoms with E-state index in [0.29, 0.717) is 32.4 Å². The first-order valence-electron chi connectivity index (χ1n) is 5.06. The van der Waals surface area contributed by atoms with Crippen LogP contribution in [0.3, 0.4) is 0 Å². The molecule has 1 heterocycles. The number of benzene rings is 1. The summed E-state index contributed by atoms with van der Waals surface area (Å²) in [5.74, 6) is 6.07. The van der Waals surface area contributed by atoms with Crippen LogP contribution in [0.25, 0.3) is 0 Å². The quantitative estimate of drug-likeness (QED) is 0.377. The van der Waals surface area contributed by atoms with Crippen molar-refractivity contribution in [3.63, 3.8) is 0 Å². The lowest BCUT2D eigenvalue weighted by molar-refractivity contribution is 1.22. The van der Waals surface area contributed by atoms with Crippen LogP contribution in [0.5, 0.6) is 0 Å². The van der Waals surface area contributed by atoms with Crippen molar-refractivity contribution in [2.24, 2.45) is 5.84 Å². The number of nitrogen functional groups attached to an aromatic ring is 1. The summed E-state index contributed by atoms with van der Waals surface area (Å²) < 4.78 is 1.03. The van der Waals surface area contributed by atoms with Crippen molar-refractivity contribution in [2.75, 3.05) is 10.7 Å². The van der Waals surface area contributed by atoms with Gasteiger partial charge >= 0.3 is 0 Å². The average Bonchev–Trinajstić information content (AvgIpc) is 2.35. The fourth-order valence-corrected chi connectivity index (χ4v) is 2.74. The van der Waals surface area contributed by atoms with Gasteiger partial charge in [0.05, 0.1) is 20.8 Å². The Bertz CT molecular complexity index is 621. The van der Waals surface area contributed by atoms with E-state index in [1.807, 2.05) is 18.2 Å². The van der Waals surface area contributed by atoms with Gasteiger partial charge in [0.1, 0.15) is 0 Å². The number of pyridine rings is 1. The molecular weight excluding hydrogens is 421 g/mol. The van der Waals surface area contributed by atoms with Crippen LogP contribution >= 0.6 is 57.4 Å². The zero-order chi connectivity index (χ0) is 14.0. The van der Waals surface area contributed by atoms with E-state index in [1.165, 1.54) is 0 Å². The third-order valence-corrected chi connectivity index (χ3v) is 3.81. The van der Waals surface area contributed by atoms with Gasteiger partial charge in [0.25, 0.3) is 0 Å². The number of nitrogens with one attached hydrogen (secondary N) is 2. The molecule has 0 aliphatic rings. The van der Waals surface area contributed by atoms with Gasteiger partial charge in [-0.25, -0.2) is 10.8 Å². The zero-order valence-corrected chi connectivity index (χ0v) is 13.8. The Morgan fingerprint density at radius 3 is 2.32 bits per heavy atom. The Kier molecular flexibility index (Phi) is 4.97. The van der Waals surface area contributed by atoms with Gasteiger partial charge in [0.2, 0.25) is 0 Å². The first-order valence-corrected chi connectivity index (χ1v) is 7.27. The number of nitrogens with zero attached hydrogens (tertiary/aromatic N) is 1. The molecule has 0 radical (unpaired) electrons. The number of rotatable bonds is 3. The Balaban J connectivity index is 2.37. The van der Waals surface area contributed by atoms with Crippen LogP contribution in [0.1, 0.15) is 0 Å². The molecule has 8 heteroatoms. The van der Waals surface area contributed by atoms with Crippen LogP contribution in [0, 0.1) is 3.57 Å². The molecule has 0 spiro atoms. The lowest BCUT2D eigenvalue weighted by Gasteiger charge is -2.12. The number of hydrogen-bond donors (Lipinski definition) is 3. The van der Waals surface area contributed by atoms with Crippen LogP contribution < -0.4 is 16.6 Å². The van der Waals surface area contributed by atoms with E-state index in [1.54, 1.807) is 6.07 Å². The molecule has 0 saturated carbocycles. The summed E-state index contributed by atoms with van der Waals surface area (Å²) >= 11 is 20.3. The molecule has 4 nitrogen and oxygen atoms in total. The molecule has 0 amide bonds. The van der Waals surface area contributed by atoms with Gasteiger partial charge in [-0.1, -0.05) is 34.8 Å². The number of hydrogen-bond acceptors (Lipinski definition) is 4. The molecule has 1 aromatic carbocycles. The minimum atomic E-state index is 0.329. The molecule has 0 fully saturated rings. The monoisotopic (exact) mass is 428 g/mol. The molecular formula is C11H8Cl3IN4. The second-order valence-electron chi connectivity index (χ2n) is 3.54. The molecule has 0 aliphatic heterocycles. The van der Waals surface area contributed by atoms with Crippen LogP contribution in [0.2, 0.25) is 15.1 Å². The van der Waals surface area contributed by atoms with Gasteiger partial charge in [-0.05, 0) is 46.9 Å². The summed E-state index contributed by atoms with van der Waals surface area (Å²) in [5.41, 5.74) is 3.09. The average molecular weight is 429 g/mol. The largest absolute Gasteiger partial charge is 0.338 e. The molecule has 19 heavy (non-hydrogen) atoms. The van der Waals surface area contributed by atoms with Crippen molar-refractivity contribution in [1.29, 1.82) is 0 Å². The SMILES string of the molecule is NNc1nc(Nc2ccc(I)cc2Cl)c(Cl)cc1Cl. The Hall–Kier alpha value is -0.470. The van der Waals surface area contributed by atoms with Crippen molar-refractivity contribution >= 4 is 74.7 Å². The van der Waals surface area contributed by atoms with Crippen molar-refractivity contribution in [3.05, 3.63) is 42.9 Å². The zero-order valence-electron chi connectivity index (χ0n) is 9.35. The first-order chi connectivity index (χ1) is 9.01. The normalized spacial score (nSPS) is 10.4. The number of aromatic nitrogens is 1. The molecule has 0 aliphatic carbocycles. The van der Waals surface area contributed by atoms with Crippen molar-refractivity contribution in [1.82, 2.24) is 4.98 Å². The maximum absolute atomic E-state index is 6.13. The van der Waals surface area contributed by atoms with E-state index < -0.39 is 0 Å². The fraction of sp³-hybridized carbons (Fsp3) is 0. The maximum atomic E-state index is 6.13. The van der Waals surface area contributed by atoms with Gasteiger partial charge < -0.3 is 10.7 Å². The van der Waals surface area contributed by atoms with E-state index >= 15 is 0 Å². The molecule has 0 bridgehead atoms. The standard InChI is InChI=1S/C11H8Cl3IN4/c12-6-3-5(15)1-2-9(6)17-10-7(13)4-8(14)11(18-10)19-16/h1-4H,16H2,(H2,17,18,19). The summed E-state index contributed by atoms with van der Waals surface area (Å²) in [7, 11) is 0. The third-order valence-electron chi connectivity index (χ3n) is 2.25. The van der Waals surface area contributed by atoms with Gasteiger partial charge in [-0.3, -0.25) is 0 Å². The van der Waals surface area contributed by atoms with Crippen molar-refractivity contribution < 1.29 is 0 Å². The Morgan fingerprint density at radius 2 is 1.68 bits per heavy atom. The fourth-order valence-electron chi connectivity index (χ4n) is 1.37. The molecule has 100 valence electrons.